The average molecular weight is 519 g/mol. The third kappa shape index (κ3) is 9.39. The highest BCUT2D eigenvalue weighted by molar-refractivity contribution is 5.69. The van der Waals surface area contributed by atoms with Crippen LogP contribution in [0.25, 0.3) is 0 Å². The highest BCUT2D eigenvalue weighted by atomic mass is 16.6. The Hall–Kier alpha value is -2.99. The van der Waals surface area contributed by atoms with E-state index in [4.69, 9.17) is 18.9 Å². The van der Waals surface area contributed by atoms with Crippen LogP contribution in [0.3, 0.4) is 0 Å². The number of ether oxygens (including phenoxy) is 4. The summed E-state index contributed by atoms with van der Waals surface area (Å²) >= 11 is 0. The molecular weight excluding hydrogens is 476 g/mol. The summed E-state index contributed by atoms with van der Waals surface area (Å²) in [6.07, 6.45) is 6.09. The van der Waals surface area contributed by atoms with Crippen molar-refractivity contribution in [3.8, 4) is 0 Å². The molecule has 0 saturated heterocycles. The summed E-state index contributed by atoms with van der Waals surface area (Å²) in [4.78, 5) is 11.8. The Morgan fingerprint density at radius 1 is 0.579 bits per heavy atom. The van der Waals surface area contributed by atoms with Gasteiger partial charge in [-0.2, -0.15) is 0 Å². The highest BCUT2D eigenvalue weighted by Gasteiger charge is 2.37. The van der Waals surface area contributed by atoms with Crippen molar-refractivity contribution in [1.82, 2.24) is 0 Å². The molecule has 0 amide bonds. The first-order chi connectivity index (χ1) is 18.8. The van der Waals surface area contributed by atoms with Crippen molar-refractivity contribution < 1.29 is 23.7 Å². The lowest BCUT2D eigenvalue weighted by atomic mass is 9.80. The van der Waals surface area contributed by atoms with Gasteiger partial charge in [0.25, 0.3) is 0 Å². The molecule has 0 aliphatic carbocycles. The van der Waals surface area contributed by atoms with E-state index in [2.05, 4.69) is 43.3 Å². The maximum Gasteiger partial charge on any atom is 0.305 e. The van der Waals surface area contributed by atoms with Crippen molar-refractivity contribution in [2.75, 3.05) is 39.6 Å². The summed E-state index contributed by atoms with van der Waals surface area (Å²) in [5.74, 6) is -0.141. The molecule has 5 heteroatoms. The molecule has 0 fully saturated rings. The monoisotopic (exact) mass is 518 g/mol. The summed E-state index contributed by atoms with van der Waals surface area (Å²) in [7, 11) is 0. The van der Waals surface area contributed by atoms with Crippen LogP contribution in [0.2, 0.25) is 0 Å². The molecule has 0 heterocycles. The highest BCUT2D eigenvalue weighted by Crippen LogP contribution is 2.40. The quantitative estimate of drug-likeness (QED) is 0.0978. The zero-order valence-electron chi connectivity index (χ0n) is 22.7. The maximum atomic E-state index is 11.8. The number of rotatable bonds is 19. The van der Waals surface area contributed by atoms with Crippen molar-refractivity contribution in [3.63, 3.8) is 0 Å². The Balaban J connectivity index is 1.42. The van der Waals surface area contributed by atoms with Gasteiger partial charge in [0.1, 0.15) is 12.2 Å². The topological polar surface area (TPSA) is 54.0 Å². The van der Waals surface area contributed by atoms with Gasteiger partial charge in [-0.3, -0.25) is 4.79 Å². The third-order valence-electron chi connectivity index (χ3n) is 6.43. The number of unbranched alkanes of at least 4 members (excludes halogenated alkanes) is 4. The van der Waals surface area contributed by atoms with E-state index in [1.807, 2.05) is 54.6 Å². The Kier molecular flexibility index (Phi) is 13.6. The van der Waals surface area contributed by atoms with Crippen LogP contribution in [-0.4, -0.2) is 45.6 Å². The second-order valence-corrected chi connectivity index (χ2v) is 9.24. The Morgan fingerprint density at radius 3 is 1.53 bits per heavy atom. The predicted octanol–water partition coefficient (Wildman–Crippen LogP) is 6.93. The average Bonchev–Trinajstić information content (AvgIpc) is 2.97. The number of esters is 1. The molecule has 0 bridgehead atoms. The lowest BCUT2D eigenvalue weighted by molar-refractivity contribution is -0.145. The standard InChI is InChI=1S/C33H42O5/c1-2-3-4-5-15-22-32(34)37-27-25-35-23-24-36-26-28-38-33(29-16-9-6-10-17-29,30-18-11-7-12-19-30)31-20-13-8-14-21-31/h6-14,16-21H,2-5,15,22-28H2,1H3. The number of benzene rings is 3. The molecule has 0 aliphatic rings. The molecule has 3 rings (SSSR count). The molecule has 0 saturated carbocycles. The maximum absolute atomic E-state index is 11.8. The van der Waals surface area contributed by atoms with E-state index in [-0.39, 0.29) is 12.6 Å². The van der Waals surface area contributed by atoms with E-state index in [1.165, 1.54) is 19.3 Å². The van der Waals surface area contributed by atoms with Crippen LogP contribution in [0, 0.1) is 0 Å². The van der Waals surface area contributed by atoms with Crippen LogP contribution >= 0.6 is 0 Å². The molecule has 0 aliphatic heterocycles. The summed E-state index contributed by atoms with van der Waals surface area (Å²) < 4.78 is 23.3. The smallest absolute Gasteiger partial charge is 0.305 e. The molecule has 0 aromatic heterocycles. The SMILES string of the molecule is CCCCCCCC(=O)OCCOCCOCCOC(c1ccccc1)(c1ccccc1)c1ccccc1. The minimum absolute atomic E-state index is 0.141. The molecule has 0 N–H and O–H groups in total. The summed E-state index contributed by atoms with van der Waals surface area (Å²) in [5, 5.41) is 0. The van der Waals surface area contributed by atoms with Crippen LogP contribution < -0.4 is 0 Å². The number of carbonyl (C=O) groups is 1. The Morgan fingerprint density at radius 2 is 1.03 bits per heavy atom. The lowest BCUT2D eigenvalue weighted by Crippen LogP contribution is -2.34. The second kappa shape index (κ2) is 17.5. The van der Waals surface area contributed by atoms with Gasteiger partial charge in [0.2, 0.25) is 0 Å². The van der Waals surface area contributed by atoms with Crippen molar-refractivity contribution >= 4 is 5.97 Å². The Labute approximate surface area is 228 Å². The van der Waals surface area contributed by atoms with Crippen LogP contribution in [-0.2, 0) is 29.3 Å². The number of hydrogen-bond donors (Lipinski definition) is 0. The fourth-order valence-electron chi connectivity index (χ4n) is 4.50. The molecule has 0 atom stereocenters. The molecule has 3 aromatic carbocycles. The van der Waals surface area contributed by atoms with Crippen molar-refractivity contribution in [1.29, 1.82) is 0 Å². The van der Waals surface area contributed by atoms with Gasteiger partial charge in [0.05, 0.1) is 33.0 Å². The largest absolute Gasteiger partial charge is 0.463 e. The molecule has 5 nitrogen and oxygen atoms in total. The predicted molar refractivity (Wildman–Crippen MR) is 151 cm³/mol. The van der Waals surface area contributed by atoms with Crippen molar-refractivity contribution in [2.24, 2.45) is 0 Å². The van der Waals surface area contributed by atoms with Crippen LogP contribution in [0.5, 0.6) is 0 Å². The van der Waals surface area contributed by atoms with Crippen molar-refractivity contribution in [3.05, 3.63) is 108 Å². The van der Waals surface area contributed by atoms with Gasteiger partial charge in [0, 0.05) is 6.42 Å². The summed E-state index contributed by atoms with van der Waals surface area (Å²) in [6, 6.07) is 30.9. The first kappa shape index (κ1) is 29.6. The number of carbonyl (C=O) groups excluding carboxylic acids is 1. The van der Waals surface area contributed by atoms with Gasteiger partial charge in [0.15, 0.2) is 0 Å². The van der Waals surface area contributed by atoms with Gasteiger partial charge >= 0.3 is 5.97 Å². The normalized spacial score (nSPS) is 11.4. The van der Waals surface area contributed by atoms with Crippen LogP contribution in [0.1, 0.15) is 62.1 Å². The molecule has 0 spiro atoms. The van der Waals surface area contributed by atoms with E-state index in [1.54, 1.807) is 0 Å². The third-order valence-corrected chi connectivity index (χ3v) is 6.43. The minimum atomic E-state index is -0.747. The van der Waals surface area contributed by atoms with E-state index in [0.29, 0.717) is 39.5 Å². The van der Waals surface area contributed by atoms with Gasteiger partial charge in [-0.05, 0) is 23.1 Å². The fraction of sp³-hybridized carbons (Fsp3) is 0.424. The van der Waals surface area contributed by atoms with Crippen molar-refractivity contribution in [2.45, 2.75) is 51.0 Å². The van der Waals surface area contributed by atoms with Gasteiger partial charge in [-0.1, -0.05) is 124 Å². The second-order valence-electron chi connectivity index (χ2n) is 9.24. The summed E-state index contributed by atoms with van der Waals surface area (Å²) in [5.41, 5.74) is 2.45. The molecular formula is C33H42O5. The first-order valence-electron chi connectivity index (χ1n) is 13.9. The molecule has 38 heavy (non-hydrogen) atoms. The molecule has 204 valence electrons. The zero-order valence-corrected chi connectivity index (χ0v) is 22.7. The van der Waals surface area contributed by atoms with E-state index in [9.17, 15) is 4.79 Å². The van der Waals surface area contributed by atoms with E-state index < -0.39 is 5.60 Å². The van der Waals surface area contributed by atoms with Crippen LogP contribution in [0.4, 0.5) is 0 Å². The van der Waals surface area contributed by atoms with Gasteiger partial charge in [-0.15, -0.1) is 0 Å². The fourth-order valence-corrected chi connectivity index (χ4v) is 4.50. The van der Waals surface area contributed by atoms with Crippen LogP contribution in [0.15, 0.2) is 91.0 Å². The zero-order chi connectivity index (χ0) is 26.7. The van der Waals surface area contributed by atoms with Gasteiger partial charge in [-0.25, -0.2) is 0 Å². The molecule has 3 aromatic rings. The molecule has 0 radical (unpaired) electrons. The van der Waals surface area contributed by atoms with E-state index in [0.717, 1.165) is 29.5 Å². The number of hydrogen-bond acceptors (Lipinski definition) is 5. The first-order valence-corrected chi connectivity index (χ1v) is 13.9. The minimum Gasteiger partial charge on any atom is -0.463 e. The molecule has 0 unspecified atom stereocenters. The Bertz CT molecular complexity index is 911. The summed E-state index contributed by atoms with van der Waals surface area (Å²) in [6.45, 7) is 4.57. The van der Waals surface area contributed by atoms with E-state index >= 15 is 0 Å². The lowest BCUT2D eigenvalue weighted by Gasteiger charge is -2.36. The van der Waals surface area contributed by atoms with Gasteiger partial charge < -0.3 is 18.9 Å².